The van der Waals surface area contributed by atoms with Crippen LogP contribution >= 0.6 is 0 Å². The first-order valence-electron chi connectivity index (χ1n) is 7.03. The van der Waals surface area contributed by atoms with Crippen molar-refractivity contribution in [3.05, 3.63) is 65.9 Å². The molecule has 0 amide bonds. The average Bonchev–Trinajstić information content (AvgIpc) is 2.50. The van der Waals surface area contributed by atoms with Crippen molar-refractivity contribution in [3.8, 4) is 11.5 Å². The van der Waals surface area contributed by atoms with Gasteiger partial charge in [0.15, 0.2) is 0 Å². The maximum absolute atomic E-state index is 5.94. The molecule has 0 atom stereocenters. The lowest BCUT2D eigenvalue weighted by atomic mass is 10.1. The van der Waals surface area contributed by atoms with Gasteiger partial charge in [-0.25, -0.2) is 0 Å². The third-order valence-corrected chi connectivity index (χ3v) is 3.49. The number of aromatic nitrogens is 1. The van der Waals surface area contributed by atoms with Gasteiger partial charge in [-0.1, -0.05) is 12.1 Å². The Morgan fingerprint density at radius 3 is 2.67 bits per heavy atom. The summed E-state index contributed by atoms with van der Waals surface area (Å²) in [5, 5.41) is 4.28. The van der Waals surface area contributed by atoms with Crippen LogP contribution in [0.15, 0.2) is 54.7 Å². The van der Waals surface area contributed by atoms with Crippen molar-refractivity contribution >= 4 is 10.9 Å². The van der Waals surface area contributed by atoms with E-state index < -0.39 is 0 Å². The Morgan fingerprint density at radius 2 is 1.86 bits per heavy atom. The van der Waals surface area contributed by atoms with Gasteiger partial charge in [-0.3, -0.25) is 4.98 Å². The molecule has 1 aromatic heterocycles. The number of hydrogen-bond donors (Lipinski definition) is 1. The minimum Gasteiger partial charge on any atom is -0.457 e. The molecule has 1 N–H and O–H groups in total. The zero-order valence-corrected chi connectivity index (χ0v) is 12.3. The molecular formula is C18H18N2O. The van der Waals surface area contributed by atoms with Crippen molar-refractivity contribution < 1.29 is 4.74 Å². The van der Waals surface area contributed by atoms with Gasteiger partial charge in [0.25, 0.3) is 0 Å². The minimum absolute atomic E-state index is 0.807. The van der Waals surface area contributed by atoms with Crippen LogP contribution in [0.2, 0.25) is 0 Å². The fourth-order valence-electron chi connectivity index (χ4n) is 2.37. The van der Waals surface area contributed by atoms with Gasteiger partial charge in [0.2, 0.25) is 0 Å². The van der Waals surface area contributed by atoms with Crippen LogP contribution in [0.3, 0.4) is 0 Å². The number of benzene rings is 2. The molecule has 3 heteroatoms. The fraction of sp³-hybridized carbons (Fsp3) is 0.167. The van der Waals surface area contributed by atoms with Crippen molar-refractivity contribution in [2.75, 3.05) is 7.05 Å². The zero-order chi connectivity index (χ0) is 14.7. The second-order valence-corrected chi connectivity index (χ2v) is 5.08. The molecule has 2 aromatic carbocycles. The second-order valence-electron chi connectivity index (χ2n) is 5.08. The summed E-state index contributed by atoms with van der Waals surface area (Å²) in [7, 11) is 1.95. The molecule has 0 spiro atoms. The molecule has 3 aromatic rings. The summed E-state index contributed by atoms with van der Waals surface area (Å²) in [6.45, 7) is 2.97. The fourth-order valence-corrected chi connectivity index (χ4v) is 2.37. The van der Waals surface area contributed by atoms with Gasteiger partial charge in [-0.05, 0) is 55.4 Å². The molecule has 0 aliphatic heterocycles. The Hall–Kier alpha value is -2.39. The highest BCUT2D eigenvalue weighted by Gasteiger charge is 2.03. The van der Waals surface area contributed by atoms with Gasteiger partial charge in [0, 0.05) is 24.2 Å². The highest BCUT2D eigenvalue weighted by atomic mass is 16.5. The summed E-state index contributed by atoms with van der Waals surface area (Å²) in [5.41, 5.74) is 3.45. The van der Waals surface area contributed by atoms with Crippen LogP contribution in [0.4, 0.5) is 0 Å². The summed E-state index contributed by atoms with van der Waals surface area (Å²) in [6, 6.07) is 16.1. The Kier molecular flexibility index (Phi) is 3.84. The molecule has 0 saturated heterocycles. The van der Waals surface area contributed by atoms with Crippen LogP contribution < -0.4 is 10.1 Å². The zero-order valence-electron chi connectivity index (χ0n) is 12.3. The van der Waals surface area contributed by atoms with Crippen LogP contribution in [0, 0.1) is 6.92 Å². The molecular weight excluding hydrogens is 260 g/mol. The molecule has 1 heterocycles. The quantitative estimate of drug-likeness (QED) is 0.781. The van der Waals surface area contributed by atoms with Crippen molar-refractivity contribution in [3.63, 3.8) is 0 Å². The highest BCUT2D eigenvalue weighted by molar-refractivity contribution is 5.79. The van der Waals surface area contributed by atoms with Gasteiger partial charge in [0.1, 0.15) is 11.5 Å². The van der Waals surface area contributed by atoms with Gasteiger partial charge in [0.05, 0.1) is 5.52 Å². The minimum atomic E-state index is 0.807. The normalized spacial score (nSPS) is 10.8. The second kappa shape index (κ2) is 5.94. The first kappa shape index (κ1) is 13.6. The predicted molar refractivity (Wildman–Crippen MR) is 85.8 cm³/mol. The van der Waals surface area contributed by atoms with E-state index in [2.05, 4.69) is 29.4 Å². The summed E-state index contributed by atoms with van der Waals surface area (Å²) < 4.78 is 5.94. The van der Waals surface area contributed by atoms with E-state index in [0.29, 0.717) is 0 Å². The number of aryl methyl sites for hydroxylation is 1. The third-order valence-electron chi connectivity index (χ3n) is 3.49. The van der Waals surface area contributed by atoms with E-state index in [1.165, 1.54) is 11.1 Å². The predicted octanol–water partition coefficient (Wildman–Crippen LogP) is 4.05. The molecule has 0 aliphatic carbocycles. The van der Waals surface area contributed by atoms with Crippen molar-refractivity contribution in [2.45, 2.75) is 13.5 Å². The van der Waals surface area contributed by atoms with Crippen LogP contribution in [-0.2, 0) is 6.54 Å². The van der Waals surface area contributed by atoms with E-state index in [4.69, 9.17) is 4.74 Å². The molecule has 0 radical (unpaired) electrons. The van der Waals surface area contributed by atoms with E-state index >= 15 is 0 Å². The monoisotopic (exact) mass is 278 g/mol. The SMILES string of the molecule is CNCc1ccc(Oc2ccc3cccnc3c2)cc1C. The highest BCUT2D eigenvalue weighted by Crippen LogP contribution is 2.26. The Morgan fingerprint density at radius 1 is 1.05 bits per heavy atom. The molecule has 0 unspecified atom stereocenters. The van der Waals surface area contributed by atoms with E-state index in [9.17, 15) is 0 Å². The number of ether oxygens (including phenoxy) is 1. The number of rotatable bonds is 4. The standard InChI is InChI=1S/C18H18N2O/c1-13-10-16(8-6-15(13)12-19-2)21-17-7-5-14-4-3-9-20-18(14)11-17/h3-11,19H,12H2,1-2H3. The molecule has 3 rings (SSSR count). The van der Waals surface area contributed by atoms with Gasteiger partial charge >= 0.3 is 0 Å². The lowest BCUT2D eigenvalue weighted by molar-refractivity contribution is 0.482. The first-order valence-corrected chi connectivity index (χ1v) is 7.03. The van der Waals surface area contributed by atoms with Crippen LogP contribution in [0.1, 0.15) is 11.1 Å². The molecule has 0 aliphatic rings. The molecule has 3 nitrogen and oxygen atoms in total. The maximum atomic E-state index is 5.94. The van der Waals surface area contributed by atoms with Crippen LogP contribution in [-0.4, -0.2) is 12.0 Å². The Labute approximate surface area is 124 Å². The Bertz CT molecular complexity index is 768. The number of nitrogens with zero attached hydrogens (tertiary/aromatic N) is 1. The Balaban J connectivity index is 1.86. The van der Waals surface area contributed by atoms with Crippen LogP contribution in [0.5, 0.6) is 11.5 Å². The summed E-state index contributed by atoms with van der Waals surface area (Å²) in [4.78, 5) is 4.35. The number of pyridine rings is 1. The lowest BCUT2D eigenvalue weighted by Crippen LogP contribution is -2.06. The molecule has 0 bridgehead atoms. The van der Waals surface area contributed by atoms with Gasteiger partial charge in [-0.2, -0.15) is 0 Å². The van der Waals surface area contributed by atoms with Crippen LogP contribution in [0.25, 0.3) is 10.9 Å². The summed E-state index contributed by atoms with van der Waals surface area (Å²) >= 11 is 0. The van der Waals surface area contributed by atoms with Crippen molar-refractivity contribution in [2.24, 2.45) is 0 Å². The topological polar surface area (TPSA) is 34.1 Å². The summed E-state index contributed by atoms with van der Waals surface area (Å²) in [5.74, 6) is 1.66. The van der Waals surface area contributed by atoms with Crippen molar-refractivity contribution in [1.82, 2.24) is 10.3 Å². The van der Waals surface area contributed by atoms with E-state index in [-0.39, 0.29) is 0 Å². The first-order chi connectivity index (χ1) is 10.3. The smallest absolute Gasteiger partial charge is 0.129 e. The summed E-state index contributed by atoms with van der Waals surface area (Å²) in [6.07, 6.45) is 1.79. The molecule has 106 valence electrons. The molecule has 21 heavy (non-hydrogen) atoms. The third kappa shape index (κ3) is 3.03. The van der Waals surface area contributed by atoms with Gasteiger partial charge in [-0.15, -0.1) is 0 Å². The number of fused-ring (bicyclic) bond motifs is 1. The van der Waals surface area contributed by atoms with E-state index in [1.54, 1.807) is 6.20 Å². The van der Waals surface area contributed by atoms with E-state index in [1.807, 2.05) is 43.4 Å². The van der Waals surface area contributed by atoms with E-state index in [0.717, 1.165) is 28.9 Å². The van der Waals surface area contributed by atoms with Gasteiger partial charge < -0.3 is 10.1 Å². The average molecular weight is 278 g/mol. The number of nitrogens with one attached hydrogen (secondary N) is 1. The molecule has 0 fully saturated rings. The number of hydrogen-bond acceptors (Lipinski definition) is 3. The largest absolute Gasteiger partial charge is 0.457 e. The lowest BCUT2D eigenvalue weighted by Gasteiger charge is -2.10. The molecule has 0 saturated carbocycles. The maximum Gasteiger partial charge on any atom is 0.129 e. The van der Waals surface area contributed by atoms with Crippen molar-refractivity contribution in [1.29, 1.82) is 0 Å².